The zero-order valence-electron chi connectivity index (χ0n) is 8.66. The van der Waals surface area contributed by atoms with E-state index in [0.717, 1.165) is 10.0 Å². The molecular formula is C12H8BrCl2NO. The van der Waals surface area contributed by atoms with Gasteiger partial charge < -0.3 is 4.74 Å². The Morgan fingerprint density at radius 1 is 1.29 bits per heavy atom. The highest BCUT2D eigenvalue weighted by molar-refractivity contribution is 9.10. The first-order chi connectivity index (χ1) is 8.19. The fraction of sp³-hybridized carbons (Fsp3) is 0.0833. The van der Waals surface area contributed by atoms with Gasteiger partial charge in [-0.3, -0.25) is 0 Å². The third-order valence-electron chi connectivity index (χ3n) is 2.05. The molecule has 88 valence electrons. The van der Waals surface area contributed by atoms with Gasteiger partial charge in [-0.05, 0) is 40.2 Å². The second-order valence-electron chi connectivity index (χ2n) is 3.31. The summed E-state index contributed by atoms with van der Waals surface area (Å²) in [5, 5.41) is 0.618. The topological polar surface area (TPSA) is 22.1 Å². The summed E-state index contributed by atoms with van der Waals surface area (Å²) in [6.45, 7) is 0. The van der Waals surface area contributed by atoms with Crippen molar-refractivity contribution in [2.24, 2.45) is 0 Å². The Morgan fingerprint density at radius 3 is 2.82 bits per heavy atom. The van der Waals surface area contributed by atoms with E-state index in [0.29, 0.717) is 22.5 Å². The Bertz CT molecular complexity index is 534. The smallest absolute Gasteiger partial charge is 0.223 e. The van der Waals surface area contributed by atoms with Crippen molar-refractivity contribution in [3.63, 3.8) is 0 Å². The van der Waals surface area contributed by atoms with Crippen LogP contribution in [0.25, 0.3) is 0 Å². The molecule has 0 saturated heterocycles. The molecule has 0 amide bonds. The summed E-state index contributed by atoms with van der Waals surface area (Å²) in [5.74, 6) is 1.46. The molecule has 0 aliphatic rings. The van der Waals surface area contributed by atoms with Crippen molar-refractivity contribution in [1.82, 2.24) is 4.98 Å². The zero-order valence-corrected chi connectivity index (χ0v) is 11.8. The first kappa shape index (κ1) is 12.7. The van der Waals surface area contributed by atoms with Crippen LogP contribution in [0.4, 0.5) is 0 Å². The molecule has 0 N–H and O–H groups in total. The van der Waals surface area contributed by atoms with Gasteiger partial charge in [0.2, 0.25) is 5.88 Å². The van der Waals surface area contributed by atoms with Crippen LogP contribution in [-0.4, -0.2) is 4.98 Å². The van der Waals surface area contributed by atoms with Crippen molar-refractivity contribution in [2.45, 2.75) is 5.88 Å². The highest BCUT2D eigenvalue weighted by atomic mass is 79.9. The molecule has 0 atom stereocenters. The molecule has 2 aromatic rings. The molecular weight excluding hydrogens is 325 g/mol. The van der Waals surface area contributed by atoms with Crippen LogP contribution in [0, 0.1) is 0 Å². The van der Waals surface area contributed by atoms with E-state index in [1.165, 1.54) is 0 Å². The van der Waals surface area contributed by atoms with Crippen molar-refractivity contribution >= 4 is 39.1 Å². The van der Waals surface area contributed by atoms with E-state index in [2.05, 4.69) is 20.9 Å². The monoisotopic (exact) mass is 331 g/mol. The van der Waals surface area contributed by atoms with E-state index >= 15 is 0 Å². The SMILES string of the molecule is ClCc1cc(Br)cnc1Oc1cccc(Cl)c1. The predicted octanol–water partition coefficient (Wildman–Crippen LogP) is 5.03. The Balaban J connectivity index is 2.29. The van der Waals surface area contributed by atoms with E-state index in [1.54, 1.807) is 18.3 Å². The summed E-state index contributed by atoms with van der Waals surface area (Å²) in [7, 11) is 0. The third kappa shape index (κ3) is 3.35. The van der Waals surface area contributed by atoms with Crippen molar-refractivity contribution in [1.29, 1.82) is 0 Å². The number of benzene rings is 1. The molecule has 1 aromatic carbocycles. The fourth-order valence-electron chi connectivity index (χ4n) is 1.30. The molecule has 1 aromatic heterocycles. The molecule has 0 spiro atoms. The lowest BCUT2D eigenvalue weighted by atomic mass is 10.3. The van der Waals surface area contributed by atoms with Crippen LogP contribution < -0.4 is 4.74 Å². The summed E-state index contributed by atoms with van der Waals surface area (Å²) >= 11 is 15.0. The van der Waals surface area contributed by atoms with Crippen LogP contribution in [-0.2, 0) is 5.88 Å². The van der Waals surface area contributed by atoms with Gasteiger partial charge in [0.15, 0.2) is 0 Å². The van der Waals surface area contributed by atoms with E-state index < -0.39 is 0 Å². The molecule has 0 radical (unpaired) electrons. The Kier molecular flexibility index (Phi) is 4.26. The molecule has 0 aliphatic carbocycles. The Hall–Kier alpha value is -0.770. The zero-order chi connectivity index (χ0) is 12.3. The van der Waals surface area contributed by atoms with Gasteiger partial charge in [-0.1, -0.05) is 17.7 Å². The minimum atomic E-state index is 0.336. The second-order valence-corrected chi connectivity index (χ2v) is 4.93. The Morgan fingerprint density at radius 2 is 2.12 bits per heavy atom. The number of hydrogen-bond donors (Lipinski definition) is 0. The van der Waals surface area contributed by atoms with Crippen molar-refractivity contribution in [3.8, 4) is 11.6 Å². The van der Waals surface area contributed by atoms with E-state index in [9.17, 15) is 0 Å². The molecule has 0 unspecified atom stereocenters. The van der Waals surface area contributed by atoms with E-state index in [4.69, 9.17) is 27.9 Å². The fourth-order valence-corrected chi connectivity index (χ4v) is 2.05. The van der Waals surface area contributed by atoms with Gasteiger partial charge in [0, 0.05) is 21.3 Å². The number of aromatic nitrogens is 1. The van der Waals surface area contributed by atoms with Crippen LogP contribution in [0.3, 0.4) is 0 Å². The van der Waals surface area contributed by atoms with Gasteiger partial charge in [0.1, 0.15) is 5.75 Å². The maximum Gasteiger partial charge on any atom is 0.223 e. The van der Waals surface area contributed by atoms with Crippen LogP contribution in [0.1, 0.15) is 5.56 Å². The van der Waals surface area contributed by atoms with Gasteiger partial charge in [-0.25, -0.2) is 4.98 Å². The number of hydrogen-bond acceptors (Lipinski definition) is 2. The summed E-state index contributed by atoms with van der Waals surface area (Å²) in [4.78, 5) is 4.18. The summed E-state index contributed by atoms with van der Waals surface area (Å²) in [6.07, 6.45) is 1.66. The molecule has 0 saturated carbocycles. The highest BCUT2D eigenvalue weighted by Crippen LogP contribution is 2.27. The largest absolute Gasteiger partial charge is 0.439 e. The first-order valence-corrected chi connectivity index (χ1v) is 6.53. The number of ether oxygens (including phenoxy) is 1. The average molecular weight is 333 g/mol. The molecule has 5 heteroatoms. The van der Waals surface area contributed by atoms with Crippen LogP contribution in [0.5, 0.6) is 11.6 Å². The lowest BCUT2D eigenvalue weighted by molar-refractivity contribution is 0.458. The quantitative estimate of drug-likeness (QED) is 0.735. The minimum absolute atomic E-state index is 0.336. The first-order valence-electron chi connectivity index (χ1n) is 4.83. The van der Waals surface area contributed by atoms with Gasteiger partial charge in [0.25, 0.3) is 0 Å². The molecule has 17 heavy (non-hydrogen) atoms. The lowest BCUT2D eigenvalue weighted by Gasteiger charge is -2.08. The molecule has 2 rings (SSSR count). The molecule has 1 heterocycles. The lowest BCUT2D eigenvalue weighted by Crippen LogP contribution is -1.93. The van der Waals surface area contributed by atoms with Gasteiger partial charge in [0.05, 0.1) is 5.88 Å². The summed E-state index contributed by atoms with van der Waals surface area (Å²) in [6, 6.07) is 9.01. The van der Waals surface area contributed by atoms with Crippen LogP contribution in [0.2, 0.25) is 5.02 Å². The molecule has 0 fully saturated rings. The minimum Gasteiger partial charge on any atom is -0.439 e. The molecule has 2 nitrogen and oxygen atoms in total. The van der Waals surface area contributed by atoms with Gasteiger partial charge >= 0.3 is 0 Å². The number of alkyl halides is 1. The number of nitrogens with zero attached hydrogens (tertiary/aromatic N) is 1. The number of rotatable bonds is 3. The van der Waals surface area contributed by atoms with E-state index in [-0.39, 0.29) is 0 Å². The second kappa shape index (κ2) is 5.71. The van der Waals surface area contributed by atoms with Crippen molar-refractivity contribution in [3.05, 3.63) is 51.6 Å². The number of pyridine rings is 1. The maximum absolute atomic E-state index is 5.88. The normalized spacial score (nSPS) is 10.3. The van der Waals surface area contributed by atoms with Crippen molar-refractivity contribution in [2.75, 3.05) is 0 Å². The predicted molar refractivity (Wildman–Crippen MR) is 73.0 cm³/mol. The maximum atomic E-state index is 5.88. The Labute approximate surface area is 118 Å². The van der Waals surface area contributed by atoms with Gasteiger partial charge in [-0.15, -0.1) is 11.6 Å². The van der Waals surface area contributed by atoms with Crippen molar-refractivity contribution < 1.29 is 4.74 Å². The standard InChI is InChI=1S/C12H8BrCl2NO/c13-9-4-8(6-14)12(16-7-9)17-11-3-1-2-10(15)5-11/h1-5,7H,6H2. The molecule has 0 aliphatic heterocycles. The van der Waals surface area contributed by atoms with Crippen LogP contribution in [0.15, 0.2) is 41.0 Å². The van der Waals surface area contributed by atoms with E-state index in [1.807, 2.05) is 18.2 Å². The average Bonchev–Trinajstić information content (AvgIpc) is 2.31. The van der Waals surface area contributed by atoms with Crippen LogP contribution >= 0.6 is 39.1 Å². The highest BCUT2D eigenvalue weighted by Gasteiger charge is 2.07. The molecule has 0 bridgehead atoms. The number of halogens is 3. The summed E-state index contributed by atoms with van der Waals surface area (Å²) in [5.41, 5.74) is 0.820. The summed E-state index contributed by atoms with van der Waals surface area (Å²) < 4.78 is 6.50. The third-order valence-corrected chi connectivity index (χ3v) is 3.00. The van der Waals surface area contributed by atoms with Gasteiger partial charge in [-0.2, -0.15) is 0 Å².